The lowest BCUT2D eigenvalue weighted by Gasteiger charge is -2.34. The van der Waals surface area contributed by atoms with Crippen LogP contribution in [0, 0.1) is 0 Å². The lowest BCUT2D eigenvalue weighted by atomic mass is 9.97. The molecule has 3 aromatic rings. The summed E-state index contributed by atoms with van der Waals surface area (Å²) < 4.78 is 31.4. The molecular formula is C29H36BrN6O4P. The van der Waals surface area contributed by atoms with E-state index in [1.165, 1.54) is 17.5 Å². The smallest absolute Gasteiger partial charge is 0.229 e. The first kappa shape index (κ1) is 28.3. The van der Waals surface area contributed by atoms with Crippen LogP contribution < -0.4 is 30.1 Å². The number of aromatic nitrogens is 2. The van der Waals surface area contributed by atoms with Crippen molar-refractivity contribution in [3.63, 3.8) is 0 Å². The second kappa shape index (κ2) is 11.4. The van der Waals surface area contributed by atoms with Crippen LogP contribution in [0.5, 0.6) is 17.2 Å². The molecule has 1 aromatic heterocycles. The molecular weight excluding hydrogens is 607 g/mol. The van der Waals surface area contributed by atoms with E-state index in [-0.39, 0.29) is 0 Å². The second-order valence-electron chi connectivity index (χ2n) is 11.2. The molecule has 218 valence electrons. The van der Waals surface area contributed by atoms with Crippen molar-refractivity contribution in [1.29, 1.82) is 0 Å². The average Bonchev–Trinajstić information content (AvgIpc) is 3.39. The summed E-state index contributed by atoms with van der Waals surface area (Å²) in [5.41, 5.74) is 4.09. The van der Waals surface area contributed by atoms with Gasteiger partial charge in [-0.05, 0) is 91.1 Å². The largest absolute Gasteiger partial charge is 0.495 e. The molecule has 1 unspecified atom stereocenters. The van der Waals surface area contributed by atoms with Gasteiger partial charge in [0, 0.05) is 31.9 Å². The minimum atomic E-state index is -2.74. The molecule has 0 radical (unpaired) electrons. The molecule has 0 aliphatic carbocycles. The van der Waals surface area contributed by atoms with Crippen molar-refractivity contribution in [2.24, 2.45) is 0 Å². The van der Waals surface area contributed by atoms with Crippen molar-refractivity contribution in [1.82, 2.24) is 19.8 Å². The Morgan fingerprint density at radius 1 is 1.10 bits per heavy atom. The molecule has 0 amide bonds. The highest BCUT2D eigenvalue weighted by atomic mass is 79.9. The molecule has 3 aliphatic rings. The molecule has 1 atom stereocenters. The molecule has 1 saturated heterocycles. The van der Waals surface area contributed by atoms with Crippen molar-refractivity contribution in [3.8, 4) is 17.2 Å². The normalized spacial score (nSPS) is 19.1. The third kappa shape index (κ3) is 5.91. The highest BCUT2D eigenvalue weighted by Gasteiger charge is 2.30. The van der Waals surface area contributed by atoms with Gasteiger partial charge in [0.2, 0.25) is 5.95 Å². The molecule has 0 spiro atoms. The highest BCUT2D eigenvalue weighted by molar-refractivity contribution is 9.10. The van der Waals surface area contributed by atoms with Crippen LogP contribution in [-0.4, -0.2) is 86.1 Å². The fourth-order valence-electron chi connectivity index (χ4n) is 5.90. The van der Waals surface area contributed by atoms with Gasteiger partial charge in [-0.3, -0.25) is 4.90 Å². The number of ether oxygens (including phenoxy) is 3. The molecule has 1 fully saturated rings. The molecule has 4 heterocycles. The summed E-state index contributed by atoms with van der Waals surface area (Å²) in [7, 11) is 1.15. The number of fused-ring (bicyclic) bond motifs is 2. The van der Waals surface area contributed by atoms with Crippen LogP contribution in [0.25, 0.3) is 0 Å². The number of halogens is 1. The minimum absolute atomic E-state index is 0.410. The van der Waals surface area contributed by atoms with Gasteiger partial charge in [-0.2, -0.15) is 4.98 Å². The molecule has 2 aromatic carbocycles. The standard InChI is InChI=1S/C29H36BrN6O4P/c1-35-9-8-20(17-35)36-10-7-18-13-23(25(38-2)14-19(18)16-36)33-29-31-15-21(30)28(34-29)32-22-5-6-24-26(40-12-11-39-24)27(22)41(3,4)37/h5-6,13-15,20H,7-12,16-17H2,1-4H3,(H2,31,32,33,34). The van der Waals surface area contributed by atoms with Gasteiger partial charge in [0.15, 0.2) is 11.5 Å². The van der Waals surface area contributed by atoms with E-state index in [2.05, 4.69) is 60.5 Å². The van der Waals surface area contributed by atoms with E-state index in [1.54, 1.807) is 26.6 Å². The Morgan fingerprint density at radius 2 is 1.93 bits per heavy atom. The molecule has 0 bridgehead atoms. The Bertz CT molecular complexity index is 1520. The van der Waals surface area contributed by atoms with Gasteiger partial charge >= 0.3 is 0 Å². The molecule has 3 aliphatic heterocycles. The molecule has 0 saturated carbocycles. The van der Waals surface area contributed by atoms with Crippen molar-refractivity contribution in [2.45, 2.75) is 25.4 Å². The number of rotatable bonds is 7. The van der Waals surface area contributed by atoms with Gasteiger partial charge < -0.3 is 34.3 Å². The zero-order valence-electron chi connectivity index (χ0n) is 23.9. The first-order valence-electron chi connectivity index (χ1n) is 13.9. The van der Waals surface area contributed by atoms with Crippen LogP contribution in [0.1, 0.15) is 17.5 Å². The van der Waals surface area contributed by atoms with Crippen LogP contribution in [0.3, 0.4) is 0 Å². The number of hydrogen-bond donors (Lipinski definition) is 2. The zero-order chi connectivity index (χ0) is 28.7. The Kier molecular flexibility index (Phi) is 7.89. The van der Waals surface area contributed by atoms with Crippen molar-refractivity contribution in [3.05, 3.63) is 46.1 Å². The number of likely N-dealkylation sites (tertiary alicyclic amines) is 1. The SMILES string of the molecule is COc1cc2c(cc1Nc1ncc(Br)c(Nc3ccc4c(c3P(C)(C)=O)OCCO4)n1)CCN(C1CCN(C)C1)C2. The van der Waals surface area contributed by atoms with Gasteiger partial charge in [-0.1, -0.05) is 0 Å². The third-order valence-electron chi connectivity index (χ3n) is 7.91. The lowest BCUT2D eigenvalue weighted by Crippen LogP contribution is -2.40. The Hall–Kier alpha value is -2.85. The number of benzene rings is 2. The second-order valence-corrected chi connectivity index (χ2v) is 15.2. The monoisotopic (exact) mass is 642 g/mol. The molecule has 2 N–H and O–H groups in total. The van der Waals surface area contributed by atoms with E-state index in [0.29, 0.717) is 58.0 Å². The van der Waals surface area contributed by atoms with Crippen molar-refractivity contribution in [2.75, 3.05) is 71.0 Å². The zero-order valence-corrected chi connectivity index (χ0v) is 26.3. The summed E-state index contributed by atoms with van der Waals surface area (Å²) in [5, 5.41) is 7.32. The number of likely N-dealkylation sites (N-methyl/N-ethyl adjacent to an activating group) is 1. The van der Waals surface area contributed by atoms with Gasteiger partial charge in [0.25, 0.3) is 0 Å². The van der Waals surface area contributed by atoms with Crippen molar-refractivity contribution < 1.29 is 18.8 Å². The van der Waals surface area contributed by atoms with Crippen LogP contribution in [0.4, 0.5) is 23.1 Å². The topological polar surface area (TPSA) is 101 Å². The van der Waals surface area contributed by atoms with E-state index in [4.69, 9.17) is 19.2 Å². The summed E-state index contributed by atoms with van der Waals surface area (Å²) in [6.45, 7) is 8.60. The Balaban J connectivity index is 1.26. The molecule has 6 rings (SSSR count). The number of anilines is 4. The van der Waals surface area contributed by atoms with E-state index < -0.39 is 7.14 Å². The van der Waals surface area contributed by atoms with Gasteiger partial charge in [-0.15, -0.1) is 0 Å². The van der Waals surface area contributed by atoms with Crippen LogP contribution in [-0.2, 0) is 17.5 Å². The third-order valence-corrected chi connectivity index (χ3v) is 10.0. The van der Waals surface area contributed by atoms with Crippen molar-refractivity contribution >= 4 is 51.5 Å². The minimum Gasteiger partial charge on any atom is -0.495 e. The summed E-state index contributed by atoms with van der Waals surface area (Å²) >= 11 is 3.57. The van der Waals surface area contributed by atoms with Gasteiger partial charge in [-0.25, -0.2) is 4.98 Å². The van der Waals surface area contributed by atoms with Crippen LogP contribution in [0.2, 0.25) is 0 Å². The summed E-state index contributed by atoms with van der Waals surface area (Å²) in [6.07, 6.45) is 3.90. The quantitative estimate of drug-likeness (QED) is 0.349. The highest BCUT2D eigenvalue weighted by Crippen LogP contribution is 2.47. The van der Waals surface area contributed by atoms with E-state index in [1.807, 2.05) is 12.1 Å². The van der Waals surface area contributed by atoms with Crippen LogP contribution >= 0.6 is 23.1 Å². The molecule has 41 heavy (non-hydrogen) atoms. The first-order valence-corrected chi connectivity index (χ1v) is 17.3. The fourth-order valence-corrected chi connectivity index (χ4v) is 7.56. The lowest BCUT2D eigenvalue weighted by molar-refractivity contribution is 0.173. The Morgan fingerprint density at radius 3 is 2.68 bits per heavy atom. The number of hydrogen-bond acceptors (Lipinski definition) is 10. The molecule has 10 nitrogen and oxygen atoms in total. The van der Waals surface area contributed by atoms with Gasteiger partial charge in [0.05, 0.1) is 28.3 Å². The van der Waals surface area contributed by atoms with E-state index >= 15 is 0 Å². The summed E-state index contributed by atoms with van der Waals surface area (Å²) in [4.78, 5) is 14.3. The summed E-state index contributed by atoms with van der Waals surface area (Å²) in [6, 6.07) is 8.59. The van der Waals surface area contributed by atoms with E-state index in [0.717, 1.165) is 44.0 Å². The average molecular weight is 644 g/mol. The first-order chi connectivity index (χ1) is 19.7. The predicted octanol–water partition coefficient (Wildman–Crippen LogP) is 4.82. The molecule has 12 heteroatoms. The Labute approximate surface area is 249 Å². The maximum absolute atomic E-state index is 13.3. The predicted molar refractivity (Wildman–Crippen MR) is 166 cm³/mol. The maximum atomic E-state index is 13.3. The fraction of sp³-hybridized carbons (Fsp3) is 0.448. The number of nitrogens with one attached hydrogen (secondary N) is 2. The number of nitrogens with zero attached hydrogens (tertiary/aromatic N) is 4. The van der Waals surface area contributed by atoms with Gasteiger partial charge in [0.1, 0.15) is 31.9 Å². The van der Waals surface area contributed by atoms with Crippen LogP contribution in [0.15, 0.2) is 34.9 Å². The summed E-state index contributed by atoms with van der Waals surface area (Å²) in [5.74, 6) is 2.82. The van der Waals surface area contributed by atoms with E-state index in [9.17, 15) is 4.57 Å². The number of methoxy groups -OCH3 is 1. The maximum Gasteiger partial charge on any atom is 0.229 e.